The van der Waals surface area contributed by atoms with Crippen molar-refractivity contribution in [2.24, 2.45) is 0 Å². The fraction of sp³-hybridized carbons (Fsp3) is 0.188. The average molecular weight is 286 g/mol. The van der Waals surface area contributed by atoms with Crippen LogP contribution in [0.1, 0.15) is 19.9 Å². The zero-order valence-corrected chi connectivity index (χ0v) is 12.2. The van der Waals surface area contributed by atoms with Crippen molar-refractivity contribution in [2.75, 3.05) is 5.73 Å². The molecule has 3 rings (SSSR count). The van der Waals surface area contributed by atoms with Crippen LogP contribution in [0.5, 0.6) is 0 Å². The van der Waals surface area contributed by atoms with Gasteiger partial charge in [-0.25, -0.2) is 4.98 Å². The second kappa shape index (κ2) is 4.84. The number of nitrogen functional groups attached to an aromatic ring is 1. The van der Waals surface area contributed by atoms with E-state index in [9.17, 15) is 0 Å². The Morgan fingerprint density at radius 3 is 2.60 bits per heavy atom. The maximum Gasteiger partial charge on any atom is 0.142 e. The lowest BCUT2D eigenvalue weighted by Gasteiger charge is -2.14. The fourth-order valence-electron chi connectivity index (χ4n) is 2.47. The summed E-state index contributed by atoms with van der Waals surface area (Å²) >= 11 is 6.33. The van der Waals surface area contributed by atoms with Crippen molar-refractivity contribution >= 4 is 28.3 Å². The average Bonchev–Trinajstić information content (AvgIpc) is 2.77. The maximum atomic E-state index is 6.33. The molecule has 1 aromatic heterocycles. The van der Waals surface area contributed by atoms with Crippen LogP contribution in [0, 0.1) is 0 Å². The third-order valence-corrected chi connectivity index (χ3v) is 3.66. The largest absolute Gasteiger partial charge is 0.399 e. The minimum absolute atomic E-state index is 0.297. The molecule has 0 spiro atoms. The molecule has 0 fully saturated rings. The standard InChI is InChI=1S/C16H16ClN3/c1-10(2)20-15-6-4-3-5-14(15)19-16(20)12-8-7-11(18)9-13(12)17/h3-10H,18H2,1-2H3. The Morgan fingerprint density at radius 1 is 1.15 bits per heavy atom. The number of hydrogen-bond acceptors (Lipinski definition) is 2. The first-order chi connectivity index (χ1) is 9.58. The van der Waals surface area contributed by atoms with E-state index in [1.807, 2.05) is 30.3 Å². The second-order valence-corrected chi connectivity index (χ2v) is 5.53. The molecule has 20 heavy (non-hydrogen) atoms. The van der Waals surface area contributed by atoms with E-state index in [1.165, 1.54) is 0 Å². The molecule has 0 aliphatic carbocycles. The van der Waals surface area contributed by atoms with E-state index in [4.69, 9.17) is 22.3 Å². The third kappa shape index (κ3) is 2.04. The Kier molecular flexibility index (Phi) is 3.14. The van der Waals surface area contributed by atoms with Crippen molar-refractivity contribution in [1.82, 2.24) is 9.55 Å². The summed E-state index contributed by atoms with van der Waals surface area (Å²) in [4.78, 5) is 4.73. The van der Waals surface area contributed by atoms with Crippen LogP contribution in [0.15, 0.2) is 42.5 Å². The van der Waals surface area contributed by atoms with Crippen LogP contribution in [0.2, 0.25) is 5.02 Å². The molecule has 0 unspecified atom stereocenters. The zero-order valence-electron chi connectivity index (χ0n) is 11.5. The van der Waals surface area contributed by atoms with Gasteiger partial charge in [-0.1, -0.05) is 23.7 Å². The van der Waals surface area contributed by atoms with E-state index >= 15 is 0 Å². The van der Waals surface area contributed by atoms with Gasteiger partial charge in [-0.3, -0.25) is 0 Å². The number of imidazole rings is 1. The van der Waals surface area contributed by atoms with Crippen LogP contribution < -0.4 is 5.73 Å². The number of hydrogen-bond donors (Lipinski definition) is 1. The molecule has 1 heterocycles. The Morgan fingerprint density at radius 2 is 1.90 bits per heavy atom. The van der Waals surface area contributed by atoms with Gasteiger partial charge in [-0.05, 0) is 44.2 Å². The fourth-order valence-corrected chi connectivity index (χ4v) is 2.74. The van der Waals surface area contributed by atoms with Crippen molar-refractivity contribution < 1.29 is 0 Å². The summed E-state index contributed by atoms with van der Waals surface area (Å²) in [6.07, 6.45) is 0. The summed E-state index contributed by atoms with van der Waals surface area (Å²) < 4.78 is 2.20. The second-order valence-electron chi connectivity index (χ2n) is 5.13. The molecule has 0 amide bonds. The Hall–Kier alpha value is -2.00. The highest BCUT2D eigenvalue weighted by Gasteiger charge is 2.16. The van der Waals surface area contributed by atoms with E-state index < -0.39 is 0 Å². The van der Waals surface area contributed by atoms with Crippen molar-refractivity contribution in [3.8, 4) is 11.4 Å². The van der Waals surface area contributed by atoms with Gasteiger partial charge in [-0.2, -0.15) is 0 Å². The van der Waals surface area contributed by atoms with Gasteiger partial charge < -0.3 is 10.3 Å². The molecule has 0 atom stereocenters. The smallest absolute Gasteiger partial charge is 0.142 e. The Balaban J connectivity index is 2.32. The van der Waals surface area contributed by atoms with Crippen LogP contribution in [-0.2, 0) is 0 Å². The highest BCUT2D eigenvalue weighted by atomic mass is 35.5. The summed E-state index contributed by atoms with van der Waals surface area (Å²) in [6, 6.07) is 14.0. The first-order valence-electron chi connectivity index (χ1n) is 6.60. The molecular formula is C16H16ClN3. The molecule has 0 saturated carbocycles. The molecule has 2 N–H and O–H groups in total. The van der Waals surface area contributed by atoms with Crippen molar-refractivity contribution in [3.63, 3.8) is 0 Å². The number of aromatic nitrogens is 2. The number of rotatable bonds is 2. The quantitative estimate of drug-likeness (QED) is 0.704. The highest BCUT2D eigenvalue weighted by Crippen LogP contribution is 2.33. The first-order valence-corrected chi connectivity index (χ1v) is 6.98. The summed E-state index contributed by atoms with van der Waals surface area (Å²) in [6.45, 7) is 4.28. The summed E-state index contributed by atoms with van der Waals surface area (Å²) in [5.74, 6) is 0.881. The van der Waals surface area contributed by atoms with Gasteiger partial charge in [0.1, 0.15) is 5.82 Å². The first kappa shape index (κ1) is 13.0. The topological polar surface area (TPSA) is 43.8 Å². The van der Waals surface area contributed by atoms with E-state index in [-0.39, 0.29) is 0 Å². The van der Waals surface area contributed by atoms with Crippen LogP contribution in [0.25, 0.3) is 22.4 Å². The lowest BCUT2D eigenvalue weighted by Crippen LogP contribution is -2.03. The van der Waals surface area contributed by atoms with Crippen LogP contribution in [0.3, 0.4) is 0 Å². The zero-order chi connectivity index (χ0) is 14.3. The van der Waals surface area contributed by atoms with Crippen molar-refractivity contribution in [3.05, 3.63) is 47.5 Å². The van der Waals surface area contributed by atoms with Gasteiger partial charge in [0.15, 0.2) is 0 Å². The number of nitrogens with two attached hydrogens (primary N) is 1. The van der Waals surface area contributed by atoms with E-state index in [0.29, 0.717) is 16.8 Å². The van der Waals surface area contributed by atoms with E-state index in [1.54, 1.807) is 6.07 Å². The number of fused-ring (bicyclic) bond motifs is 1. The van der Waals surface area contributed by atoms with Gasteiger partial charge in [-0.15, -0.1) is 0 Å². The Bertz CT molecular complexity index is 774. The minimum atomic E-state index is 0.297. The predicted molar refractivity (Wildman–Crippen MR) is 85.0 cm³/mol. The van der Waals surface area contributed by atoms with Crippen LogP contribution in [0.4, 0.5) is 5.69 Å². The van der Waals surface area contributed by atoms with Gasteiger partial charge in [0.25, 0.3) is 0 Å². The predicted octanol–water partition coefficient (Wildman–Crippen LogP) is 4.52. The number of anilines is 1. The van der Waals surface area contributed by atoms with Gasteiger partial charge in [0.2, 0.25) is 0 Å². The Labute approximate surface area is 123 Å². The highest BCUT2D eigenvalue weighted by molar-refractivity contribution is 6.33. The molecule has 0 aliphatic heterocycles. The third-order valence-electron chi connectivity index (χ3n) is 3.35. The molecule has 2 aromatic carbocycles. The number of nitrogens with zero attached hydrogens (tertiary/aromatic N) is 2. The monoisotopic (exact) mass is 285 g/mol. The van der Waals surface area contributed by atoms with Crippen LogP contribution >= 0.6 is 11.6 Å². The summed E-state index contributed by atoms with van der Waals surface area (Å²) in [7, 11) is 0. The number of benzene rings is 2. The van der Waals surface area contributed by atoms with Gasteiger partial charge in [0.05, 0.1) is 16.1 Å². The van der Waals surface area contributed by atoms with Gasteiger partial charge >= 0.3 is 0 Å². The lowest BCUT2D eigenvalue weighted by molar-refractivity contribution is 0.624. The number of para-hydroxylation sites is 2. The molecule has 4 heteroatoms. The SMILES string of the molecule is CC(C)n1c(-c2ccc(N)cc2Cl)nc2ccccc21. The molecule has 3 aromatic rings. The van der Waals surface area contributed by atoms with E-state index in [2.05, 4.69) is 24.5 Å². The van der Waals surface area contributed by atoms with Gasteiger partial charge in [0, 0.05) is 17.3 Å². The molecule has 0 aliphatic rings. The summed E-state index contributed by atoms with van der Waals surface area (Å²) in [5.41, 5.74) is 9.43. The molecule has 102 valence electrons. The van der Waals surface area contributed by atoms with Crippen molar-refractivity contribution in [2.45, 2.75) is 19.9 Å². The maximum absolute atomic E-state index is 6.33. The molecule has 0 radical (unpaired) electrons. The van der Waals surface area contributed by atoms with Crippen LogP contribution in [-0.4, -0.2) is 9.55 Å². The van der Waals surface area contributed by atoms with Crippen molar-refractivity contribution in [1.29, 1.82) is 0 Å². The minimum Gasteiger partial charge on any atom is -0.399 e. The normalized spacial score (nSPS) is 11.4. The summed E-state index contributed by atoms with van der Waals surface area (Å²) in [5, 5.41) is 0.627. The van der Waals surface area contributed by atoms with E-state index in [0.717, 1.165) is 22.4 Å². The molecule has 0 bridgehead atoms. The molecule has 3 nitrogen and oxygen atoms in total. The molecular weight excluding hydrogens is 270 g/mol. The number of halogens is 1. The molecule has 0 saturated heterocycles. The lowest BCUT2D eigenvalue weighted by atomic mass is 10.2.